The molecule has 0 radical (unpaired) electrons. The monoisotopic (exact) mass is 378 g/mol. The van der Waals surface area contributed by atoms with Crippen LogP contribution < -0.4 is 5.32 Å². The van der Waals surface area contributed by atoms with E-state index in [1.165, 1.54) is 32.1 Å². The number of anilines is 1. The van der Waals surface area contributed by atoms with E-state index in [9.17, 15) is 13.2 Å². The summed E-state index contributed by atoms with van der Waals surface area (Å²) in [7, 11) is -3.41. The fraction of sp³-hybridized carbons (Fsp3) is 0.650. The molecule has 1 saturated heterocycles. The summed E-state index contributed by atoms with van der Waals surface area (Å²) >= 11 is 0. The highest BCUT2D eigenvalue weighted by Crippen LogP contribution is 2.27. The predicted molar refractivity (Wildman–Crippen MR) is 103 cm³/mol. The van der Waals surface area contributed by atoms with Crippen LogP contribution in [0.1, 0.15) is 64.2 Å². The zero-order chi connectivity index (χ0) is 18.4. The maximum atomic E-state index is 12.6. The van der Waals surface area contributed by atoms with E-state index in [0.717, 1.165) is 25.7 Å². The number of rotatable bonds is 6. The van der Waals surface area contributed by atoms with E-state index in [1.54, 1.807) is 28.6 Å². The number of sulfonamides is 1. The Labute approximate surface area is 157 Å². The highest BCUT2D eigenvalue weighted by molar-refractivity contribution is 7.89. The summed E-state index contributed by atoms with van der Waals surface area (Å²) in [4.78, 5) is 12.5. The minimum Gasteiger partial charge on any atom is -0.326 e. The molecular weight excluding hydrogens is 348 g/mol. The Balaban J connectivity index is 1.52. The van der Waals surface area contributed by atoms with Gasteiger partial charge in [0.1, 0.15) is 0 Å². The van der Waals surface area contributed by atoms with Crippen molar-refractivity contribution in [3.05, 3.63) is 24.3 Å². The molecule has 1 aromatic carbocycles. The summed E-state index contributed by atoms with van der Waals surface area (Å²) < 4.78 is 26.8. The SMILES string of the molecule is O=C(CCC1CCCCC1)Nc1ccc(S(=O)(=O)N2CCCCC2)cc1. The minimum absolute atomic E-state index is 0.0159. The maximum Gasteiger partial charge on any atom is 0.243 e. The van der Waals surface area contributed by atoms with E-state index in [4.69, 9.17) is 0 Å². The Bertz CT molecular complexity index is 688. The Hall–Kier alpha value is -1.40. The van der Waals surface area contributed by atoms with Crippen LogP contribution in [0.2, 0.25) is 0 Å². The molecule has 0 spiro atoms. The molecule has 1 aromatic rings. The van der Waals surface area contributed by atoms with Gasteiger partial charge in [-0.3, -0.25) is 4.79 Å². The predicted octanol–water partition coefficient (Wildman–Crippen LogP) is 4.16. The van der Waals surface area contributed by atoms with E-state index in [1.807, 2.05) is 0 Å². The van der Waals surface area contributed by atoms with Gasteiger partial charge < -0.3 is 5.32 Å². The van der Waals surface area contributed by atoms with E-state index in [2.05, 4.69) is 5.32 Å². The number of nitrogens with one attached hydrogen (secondary N) is 1. The van der Waals surface area contributed by atoms with Crippen molar-refractivity contribution in [3.8, 4) is 0 Å². The summed E-state index contributed by atoms with van der Waals surface area (Å²) in [6.45, 7) is 1.20. The number of piperidine rings is 1. The number of amides is 1. The molecule has 0 aromatic heterocycles. The molecule has 0 atom stereocenters. The quantitative estimate of drug-likeness (QED) is 0.808. The molecule has 1 amide bonds. The van der Waals surface area contributed by atoms with E-state index >= 15 is 0 Å². The van der Waals surface area contributed by atoms with Gasteiger partial charge in [-0.25, -0.2) is 8.42 Å². The minimum atomic E-state index is -3.41. The van der Waals surface area contributed by atoms with Gasteiger partial charge in [-0.1, -0.05) is 38.5 Å². The molecule has 6 heteroatoms. The van der Waals surface area contributed by atoms with Gasteiger partial charge in [0.05, 0.1) is 4.90 Å². The van der Waals surface area contributed by atoms with Gasteiger partial charge in [0.15, 0.2) is 0 Å². The largest absolute Gasteiger partial charge is 0.326 e. The Morgan fingerprint density at radius 3 is 2.23 bits per heavy atom. The van der Waals surface area contributed by atoms with Crippen LogP contribution in [-0.4, -0.2) is 31.7 Å². The normalized spacial score (nSPS) is 20.0. The highest BCUT2D eigenvalue weighted by atomic mass is 32.2. The first-order chi connectivity index (χ1) is 12.6. The summed E-state index contributed by atoms with van der Waals surface area (Å²) in [5, 5.41) is 2.89. The fourth-order valence-electron chi connectivity index (χ4n) is 4.00. The lowest BCUT2D eigenvalue weighted by Crippen LogP contribution is -2.35. The van der Waals surface area contributed by atoms with E-state index < -0.39 is 10.0 Å². The number of carbonyl (C=O) groups is 1. The Kier molecular flexibility index (Phi) is 6.70. The number of benzene rings is 1. The molecule has 1 aliphatic heterocycles. The molecule has 0 unspecified atom stereocenters. The van der Waals surface area contributed by atoms with Gasteiger partial charge in [0.25, 0.3) is 0 Å². The third kappa shape index (κ3) is 5.07. The first-order valence-electron chi connectivity index (χ1n) is 9.96. The molecule has 1 aliphatic carbocycles. The lowest BCUT2D eigenvalue weighted by atomic mass is 9.86. The van der Waals surface area contributed by atoms with Crippen LogP contribution in [0.15, 0.2) is 29.2 Å². The van der Waals surface area contributed by atoms with Gasteiger partial charge in [0, 0.05) is 25.2 Å². The molecule has 1 N–H and O–H groups in total. The highest BCUT2D eigenvalue weighted by Gasteiger charge is 2.25. The smallest absolute Gasteiger partial charge is 0.243 e. The van der Waals surface area contributed by atoms with Gasteiger partial charge in [-0.05, 0) is 49.4 Å². The van der Waals surface area contributed by atoms with E-state index in [0.29, 0.717) is 36.0 Å². The van der Waals surface area contributed by atoms with Gasteiger partial charge >= 0.3 is 0 Å². The van der Waals surface area contributed by atoms with Crippen LogP contribution >= 0.6 is 0 Å². The Morgan fingerprint density at radius 1 is 0.962 bits per heavy atom. The second-order valence-corrected chi connectivity index (χ2v) is 9.52. The van der Waals surface area contributed by atoms with Crippen LogP contribution in [0.5, 0.6) is 0 Å². The zero-order valence-corrected chi connectivity index (χ0v) is 16.3. The standard InChI is InChI=1S/C20H30N2O3S/c23-20(14-9-17-7-3-1-4-8-17)21-18-10-12-19(13-11-18)26(24,25)22-15-5-2-6-16-22/h10-13,17H,1-9,14-16H2,(H,21,23). The van der Waals surface area contributed by atoms with Crippen LogP contribution in [-0.2, 0) is 14.8 Å². The lowest BCUT2D eigenvalue weighted by Gasteiger charge is -2.25. The molecule has 144 valence electrons. The third-order valence-electron chi connectivity index (χ3n) is 5.60. The first kappa shape index (κ1) is 19.4. The van der Waals surface area contributed by atoms with Crippen molar-refractivity contribution in [2.45, 2.75) is 69.1 Å². The lowest BCUT2D eigenvalue weighted by molar-refractivity contribution is -0.116. The topological polar surface area (TPSA) is 66.5 Å². The van der Waals surface area contributed by atoms with Crippen LogP contribution in [0.3, 0.4) is 0 Å². The Morgan fingerprint density at radius 2 is 1.58 bits per heavy atom. The molecule has 2 aliphatic rings. The second-order valence-electron chi connectivity index (χ2n) is 7.58. The molecule has 1 heterocycles. The number of hydrogen-bond donors (Lipinski definition) is 1. The van der Waals surface area contributed by atoms with Gasteiger partial charge in [-0.15, -0.1) is 0 Å². The summed E-state index contributed by atoms with van der Waals surface area (Å²) in [6.07, 6.45) is 10.8. The van der Waals surface area contributed by atoms with E-state index in [-0.39, 0.29) is 5.91 Å². The van der Waals surface area contributed by atoms with Crippen molar-refractivity contribution in [2.24, 2.45) is 5.92 Å². The number of hydrogen-bond acceptors (Lipinski definition) is 3. The van der Waals surface area contributed by atoms with Crippen molar-refractivity contribution < 1.29 is 13.2 Å². The molecule has 1 saturated carbocycles. The molecule has 3 rings (SSSR count). The molecular formula is C20H30N2O3S. The average Bonchev–Trinajstić information content (AvgIpc) is 2.68. The van der Waals surface area contributed by atoms with Crippen LogP contribution in [0.25, 0.3) is 0 Å². The van der Waals surface area contributed by atoms with Crippen LogP contribution in [0.4, 0.5) is 5.69 Å². The summed E-state index contributed by atoms with van der Waals surface area (Å²) in [5.41, 5.74) is 0.663. The second kappa shape index (κ2) is 9.00. The number of nitrogens with zero attached hydrogens (tertiary/aromatic N) is 1. The summed E-state index contributed by atoms with van der Waals surface area (Å²) in [6, 6.07) is 6.58. The van der Waals surface area contributed by atoms with Crippen molar-refractivity contribution in [3.63, 3.8) is 0 Å². The molecule has 5 nitrogen and oxygen atoms in total. The van der Waals surface area contributed by atoms with Gasteiger partial charge in [-0.2, -0.15) is 4.31 Å². The average molecular weight is 379 g/mol. The first-order valence-corrected chi connectivity index (χ1v) is 11.4. The fourth-order valence-corrected chi connectivity index (χ4v) is 5.52. The van der Waals surface area contributed by atoms with Crippen molar-refractivity contribution in [1.29, 1.82) is 0 Å². The van der Waals surface area contributed by atoms with Gasteiger partial charge in [0.2, 0.25) is 15.9 Å². The van der Waals surface area contributed by atoms with Crippen LogP contribution in [0, 0.1) is 5.92 Å². The third-order valence-corrected chi connectivity index (χ3v) is 7.51. The molecule has 0 bridgehead atoms. The van der Waals surface area contributed by atoms with Crippen molar-refractivity contribution >= 4 is 21.6 Å². The number of carbonyl (C=O) groups excluding carboxylic acids is 1. The maximum absolute atomic E-state index is 12.6. The van der Waals surface area contributed by atoms with Crippen molar-refractivity contribution in [1.82, 2.24) is 4.31 Å². The zero-order valence-electron chi connectivity index (χ0n) is 15.5. The summed E-state index contributed by atoms with van der Waals surface area (Å²) in [5.74, 6) is 0.703. The molecule has 2 fully saturated rings. The van der Waals surface area contributed by atoms with Crippen molar-refractivity contribution in [2.75, 3.05) is 18.4 Å². The molecule has 26 heavy (non-hydrogen) atoms.